The van der Waals surface area contributed by atoms with E-state index in [-0.39, 0.29) is 11.5 Å². The molecule has 0 aliphatic carbocycles. The number of rotatable bonds is 6. The number of nitrogens with zero attached hydrogens (tertiary/aromatic N) is 5. The van der Waals surface area contributed by atoms with Crippen LogP contribution in [0, 0.1) is 6.92 Å². The number of fused-ring (bicyclic) bond motifs is 1. The molecule has 2 aromatic heterocycles. The monoisotopic (exact) mass is 535 g/mol. The Morgan fingerprint density at radius 2 is 1.84 bits per heavy atom. The number of benzene rings is 1. The molecule has 10 heteroatoms. The average Bonchev–Trinajstić information content (AvgIpc) is 3.17. The number of amides is 1. The second kappa shape index (κ2) is 10.6. The van der Waals surface area contributed by atoms with Gasteiger partial charge in [-0.05, 0) is 55.8 Å². The first-order valence-corrected chi connectivity index (χ1v) is 13.4. The molecule has 0 spiro atoms. The first-order valence-electron chi connectivity index (χ1n) is 12.2. The number of likely N-dealkylation sites (N-methyl/N-ethyl adjacent to an activating group) is 1. The smallest absolute Gasteiger partial charge is 0.267 e. The molecule has 2 fully saturated rings. The van der Waals surface area contributed by atoms with Gasteiger partial charge in [0.15, 0.2) is 0 Å². The van der Waals surface area contributed by atoms with E-state index < -0.39 is 0 Å². The van der Waals surface area contributed by atoms with Crippen molar-refractivity contribution in [3.8, 4) is 5.75 Å². The van der Waals surface area contributed by atoms with Crippen LogP contribution in [0.4, 0.5) is 5.82 Å². The molecule has 0 radical (unpaired) electrons. The molecule has 0 bridgehead atoms. The van der Waals surface area contributed by atoms with Crippen LogP contribution in [-0.2, 0) is 11.2 Å². The minimum atomic E-state index is -0.189. The van der Waals surface area contributed by atoms with E-state index in [1.54, 1.807) is 28.7 Å². The van der Waals surface area contributed by atoms with Crippen molar-refractivity contribution in [2.45, 2.75) is 13.3 Å². The third-order valence-corrected chi connectivity index (χ3v) is 8.18. The fraction of sp³-hybridized carbons (Fsp3) is 0.333. The number of pyridine rings is 1. The summed E-state index contributed by atoms with van der Waals surface area (Å²) in [5, 5.41) is 0. The third kappa shape index (κ3) is 5.14. The number of thiocarbonyl (C=S) groups is 1. The normalized spacial score (nSPS) is 17.9. The number of carbonyl (C=O) groups is 1. The van der Waals surface area contributed by atoms with Crippen molar-refractivity contribution in [3.05, 3.63) is 74.5 Å². The Hall–Kier alpha value is -3.21. The number of methoxy groups -OCH3 is 1. The van der Waals surface area contributed by atoms with Crippen LogP contribution >= 0.6 is 24.0 Å². The predicted octanol–water partition coefficient (Wildman–Crippen LogP) is 3.21. The van der Waals surface area contributed by atoms with E-state index in [9.17, 15) is 9.59 Å². The van der Waals surface area contributed by atoms with E-state index in [2.05, 4.69) is 16.8 Å². The van der Waals surface area contributed by atoms with E-state index in [1.807, 2.05) is 43.3 Å². The Bertz CT molecular complexity index is 1440. The zero-order valence-electron chi connectivity index (χ0n) is 21.1. The SMILES string of the molecule is COc1ccc(CCN2C(=O)C(=Cc3c(N4CCN(C)CC4)nc4c(C)cccn4c3=O)SC2=S)cc1. The van der Waals surface area contributed by atoms with Gasteiger partial charge in [0, 0.05) is 38.9 Å². The lowest BCUT2D eigenvalue weighted by atomic mass is 10.1. The standard InChI is InChI=1S/C27H29N5O3S2/c1-18-5-4-11-31-23(18)28-24(30-15-13-29(2)14-16-30)21(25(31)33)17-22-26(34)32(27(36)37-22)12-10-19-6-8-20(35-3)9-7-19/h4-9,11,17H,10,12-16H2,1-3H3. The van der Waals surface area contributed by atoms with Crippen molar-refractivity contribution in [1.82, 2.24) is 19.2 Å². The van der Waals surface area contributed by atoms with Gasteiger partial charge in [-0.25, -0.2) is 4.98 Å². The van der Waals surface area contributed by atoms with Gasteiger partial charge in [0.25, 0.3) is 11.5 Å². The van der Waals surface area contributed by atoms with E-state index in [1.165, 1.54) is 11.8 Å². The lowest BCUT2D eigenvalue weighted by Gasteiger charge is -2.34. The number of hydrogen-bond donors (Lipinski definition) is 0. The van der Waals surface area contributed by atoms with Crippen molar-refractivity contribution in [1.29, 1.82) is 0 Å². The van der Waals surface area contributed by atoms with Gasteiger partial charge < -0.3 is 14.5 Å². The second-order valence-electron chi connectivity index (χ2n) is 9.26. The van der Waals surface area contributed by atoms with Crippen LogP contribution in [0.15, 0.2) is 52.3 Å². The maximum atomic E-state index is 13.7. The molecule has 5 rings (SSSR count). The van der Waals surface area contributed by atoms with Gasteiger partial charge in [-0.2, -0.15) is 0 Å². The Kier molecular flexibility index (Phi) is 7.32. The molecule has 0 atom stereocenters. The van der Waals surface area contributed by atoms with Crippen molar-refractivity contribution in [2.75, 3.05) is 51.8 Å². The van der Waals surface area contributed by atoms with Gasteiger partial charge in [0.05, 0.1) is 17.6 Å². The predicted molar refractivity (Wildman–Crippen MR) is 152 cm³/mol. The number of hydrogen-bond acceptors (Lipinski definition) is 8. The van der Waals surface area contributed by atoms with Gasteiger partial charge >= 0.3 is 0 Å². The summed E-state index contributed by atoms with van der Waals surface area (Å²) in [4.78, 5) is 38.5. The largest absolute Gasteiger partial charge is 0.497 e. The van der Waals surface area contributed by atoms with Crippen LogP contribution in [0.5, 0.6) is 5.75 Å². The molecule has 4 heterocycles. The zero-order chi connectivity index (χ0) is 26.1. The Labute approximate surface area is 225 Å². The first-order chi connectivity index (χ1) is 17.9. The molecule has 2 aliphatic rings. The minimum Gasteiger partial charge on any atom is -0.497 e. The molecule has 37 heavy (non-hydrogen) atoms. The summed E-state index contributed by atoms with van der Waals surface area (Å²) < 4.78 is 7.28. The molecule has 1 aromatic carbocycles. The summed E-state index contributed by atoms with van der Waals surface area (Å²) in [6, 6.07) is 11.6. The highest BCUT2D eigenvalue weighted by atomic mass is 32.2. The van der Waals surface area contributed by atoms with Crippen LogP contribution in [0.3, 0.4) is 0 Å². The highest BCUT2D eigenvalue weighted by molar-refractivity contribution is 8.26. The summed E-state index contributed by atoms with van der Waals surface area (Å²) in [5.74, 6) is 1.23. The van der Waals surface area contributed by atoms with Crippen LogP contribution in [-0.4, -0.2) is 76.3 Å². The van der Waals surface area contributed by atoms with Crippen LogP contribution in [0.2, 0.25) is 0 Å². The van der Waals surface area contributed by atoms with Gasteiger partial charge in [0.1, 0.15) is 21.5 Å². The number of aromatic nitrogens is 2. The summed E-state index contributed by atoms with van der Waals surface area (Å²) in [6.45, 7) is 5.68. The van der Waals surface area contributed by atoms with E-state index in [0.29, 0.717) is 39.2 Å². The third-order valence-electron chi connectivity index (χ3n) is 6.80. The summed E-state index contributed by atoms with van der Waals surface area (Å²) >= 11 is 6.79. The number of aryl methyl sites for hydroxylation is 1. The molecular formula is C27H29N5O3S2. The lowest BCUT2D eigenvalue weighted by Crippen LogP contribution is -2.45. The maximum absolute atomic E-state index is 13.7. The van der Waals surface area contributed by atoms with Gasteiger partial charge in [0.2, 0.25) is 0 Å². The average molecular weight is 536 g/mol. The van der Waals surface area contributed by atoms with Crippen molar-refractivity contribution >= 4 is 51.7 Å². The van der Waals surface area contributed by atoms with Crippen molar-refractivity contribution in [3.63, 3.8) is 0 Å². The Morgan fingerprint density at radius 1 is 1.11 bits per heavy atom. The molecule has 192 valence electrons. The fourth-order valence-electron chi connectivity index (χ4n) is 4.54. The minimum absolute atomic E-state index is 0.179. The quantitative estimate of drug-likeness (QED) is 0.352. The summed E-state index contributed by atoms with van der Waals surface area (Å²) in [5.41, 5.74) is 2.87. The number of piperazine rings is 1. The van der Waals surface area contributed by atoms with E-state index in [4.69, 9.17) is 21.9 Å². The number of anilines is 1. The molecular weight excluding hydrogens is 506 g/mol. The zero-order valence-corrected chi connectivity index (χ0v) is 22.8. The highest BCUT2D eigenvalue weighted by Gasteiger charge is 2.33. The maximum Gasteiger partial charge on any atom is 0.267 e. The molecule has 3 aromatic rings. The topological polar surface area (TPSA) is 70.4 Å². The molecule has 0 saturated carbocycles. The lowest BCUT2D eigenvalue weighted by molar-refractivity contribution is -0.122. The van der Waals surface area contributed by atoms with E-state index in [0.717, 1.165) is 43.1 Å². The van der Waals surface area contributed by atoms with Gasteiger partial charge in [-0.15, -0.1) is 0 Å². The highest BCUT2D eigenvalue weighted by Crippen LogP contribution is 2.34. The fourth-order valence-corrected chi connectivity index (χ4v) is 5.83. The van der Waals surface area contributed by atoms with Gasteiger partial charge in [-0.1, -0.05) is 42.2 Å². The van der Waals surface area contributed by atoms with E-state index >= 15 is 0 Å². The van der Waals surface area contributed by atoms with Crippen molar-refractivity contribution < 1.29 is 9.53 Å². The molecule has 1 amide bonds. The first kappa shape index (κ1) is 25.4. The van der Waals surface area contributed by atoms with Gasteiger partial charge in [-0.3, -0.25) is 18.9 Å². The van der Waals surface area contributed by atoms with Crippen LogP contribution < -0.4 is 15.2 Å². The molecule has 2 aliphatic heterocycles. The second-order valence-corrected chi connectivity index (χ2v) is 10.9. The molecule has 2 saturated heterocycles. The van der Waals surface area contributed by atoms with Crippen molar-refractivity contribution in [2.24, 2.45) is 0 Å². The number of carbonyl (C=O) groups excluding carboxylic acids is 1. The summed E-state index contributed by atoms with van der Waals surface area (Å²) in [6.07, 6.45) is 4.07. The molecule has 0 unspecified atom stereocenters. The molecule has 0 N–H and O–H groups in total. The Balaban J connectivity index is 1.47. The van der Waals surface area contributed by atoms with Crippen LogP contribution in [0.25, 0.3) is 11.7 Å². The molecule has 8 nitrogen and oxygen atoms in total. The number of ether oxygens (including phenoxy) is 1. The van der Waals surface area contributed by atoms with Crippen LogP contribution in [0.1, 0.15) is 16.7 Å². The number of thioether (sulfide) groups is 1. The Morgan fingerprint density at radius 3 is 2.54 bits per heavy atom. The summed E-state index contributed by atoms with van der Waals surface area (Å²) in [7, 11) is 3.72.